The summed E-state index contributed by atoms with van der Waals surface area (Å²) in [6.45, 7) is 1.52. The van der Waals surface area contributed by atoms with Crippen molar-refractivity contribution in [2.45, 2.75) is 26.2 Å². The van der Waals surface area contributed by atoms with E-state index in [-0.39, 0.29) is 17.5 Å². The van der Waals surface area contributed by atoms with E-state index >= 15 is 0 Å². The number of ether oxygens (including phenoxy) is 1. The minimum Gasteiger partial charge on any atom is -0.496 e. The molecule has 2 rings (SSSR count). The van der Waals surface area contributed by atoms with Crippen molar-refractivity contribution in [3.05, 3.63) is 47.6 Å². The molecule has 0 radical (unpaired) electrons. The minimum absolute atomic E-state index is 0.0121. The van der Waals surface area contributed by atoms with Gasteiger partial charge in [-0.3, -0.25) is 9.59 Å². The van der Waals surface area contributed by atoms with Crippen LogP contribution in [0.25, 0.3) is 6.08 Å². The Kier molecular flexibility index (Phi) is 5.09. The molecule has 0 spiro atoms. The summed E-state index contributed by atoms with van der Waals surface area (Å²) in [6.07, 6.45) is 10.3. The molecule has 0 aliphatic heterocycles. The number of hydrogen-bond acceptors (Lipinski definition) is 3. The lowest BCUT2D eigenvalue weighted by Crippen LogP contribution is -2.13. The summed E-state index contributed by atoms with van der Waals surface area (Å²) >= 11 is 0. The summed E-state index contributed by atoms with van der Waals surface area (Å²) in [5.74, 6) is 0.892. The Morgan fingerprint density at radius 3 is 2.90 bits per heavy atom. The molecule has 1 aromatic rings. The molecule has 21 heavy (non-hydrogen) atoms. The van der Waals surface area contributed by atoms with Gasteiger partial charge in [0.25, 0.3) is 0 Å². The Hall–Kier alpha value is -2.16. The SMILES string of the molecule is COc1cc(/C=C/CC2CCC=CC2=O)ccc1C(C)=O. The Bertz CT molecular complexity index is 596. The van der Waals surface area contributed by atoms with Gasteiger partial charge in [0, 0.05) is 5.92 Å². The number of methoxy groups -OCH3 is 1. The number of hydrogen-bond donors (Lipinski definition) is 0. The van der Waals surface area contributed by atoms with Crippen LogP contribution in [0.1, 0.15) is 42.1 Å². The van der Waals surface area contributed by atoms with Crippen LogP contribution in [-0.2, 0) is 4.79 Å². The van der Waals surface area contributed by atoms with Gasteiger partial charge in [-0.2, -0.15) is 0 Å². The first kappa shape index (κ1) is 15.2. The zero-order valence-corrected chi connectivity index (χ0v) is 12.5. The zero-order valence-electron chi connectivity index (χ0n) is 12.5. The highest BCUT2D eigenvalue weighted by atomic mass is 16.5. The highest BCUT2D eigenvalue weighted by Crippen LogP contribution is 2.23. The monoisotopic (exact) mass is 284 g/mol. The van der Waals surface area contributed by atoms with Gasteiger partial charge >= 0.3 is 0 Å². The maximum absolute atomic E-state index is 11.7. The molecule has 0 heterocycles. The van der Waals surface area contributed by atoms with Crippen LogP contribution < -0.4 is 4.74 Å². The first-order valence-electron chi connectivity index (χ1n) is 7.17. The van der Waals surface area contributed by atoms with E-state index in [9.17, 15) is 9.59 Å². The fourth-order valence-corrected chi connectivity index (χ4v) is 2.48. The summed E-state index contributed by atoms with van der Waals surface area (Å²) in [5.41, 5.74) is 1.55. The summed E-state index contributed by atoms with van der Waals surface area (Å²) in [7, 11) is 1.56. The van der Waals surface area contributed by atoms with Crippen LogP contribution in [0.5, 0.6) is 5.75 Å². The molecule has 0 saturated heterocycles. The van der Waals surface area contributed by atoms with Gasteiger partial charge in [0.15, 0.2) is 11.6 Å². The van der Waals surface area contributed by atoms with Gasteiger partial charge < -0.3 is 4.74 Å². The predicted molar refractivity (Wildman–Crippen MR) is 83.5 cm³/mol. The number of carbonyl (C=O) groups excluding carboxylic acids is 2. The fraction of sp³-hybridized carbons (Fsp3) is 0.333. The molecule has 0 amide bonds. The van der Waals surface area contributed by atoms with Crippen LogP contribution in [0.2, 0.25) is 0 Å². The van der Waals surface area contributed by atoms with E-state index in [1.165, 1.54) is 6.92 Å². The van der Waals surface area contributed by atoms with Crippen LogP contribution in [0.4, 0.5) is 0 Å². The number of Topliss-reactive ketones (excluding diaryl/α,β-unsaturated/α-hetero) is 1. The molecule has 0 saturated carbocycles. The fourth-order valence-electron chi connectivity index (χ4n) is 2.48. The maximum Gasteiger partial charge on any atom is 0.163 e. The van der Waals surface area contributed by atoms with Crippen LogP contribution in [0.3, 0.4) is 0 Å². The number of rotatable bonds is 5. The number of benzene rings is 1. The number of allylic oxidation sites excluding steroid dienone is 3. The molecule has 1 aliphatic carbocycles. The lowest BCUT2D eigenvalue weighted by atomic mass is 9.90. The van der Waals surface area contributed by atoms with E-state index < -0.39 is 0 Å². The van der Waals surface area contributed by atoms with Gasteiger partial charge in [-0.1, -0.05) is 24.3 Å². The predicted octanol–water partition coefficient (Wildman–Crippen LogP) is 3.84. The van der Waals surface area contributed by atoms with Crippen LogP contribution >= 0.6 is 0 Å². The van der Waals surface area contributed by atoms with Crippen molar-refractivity contribution in [3.63, 3.8) is 0 Å². The summed E-state index contributed by atoms with van der Waals surface area (Å²) in [6, 6.07) is 5.50. The molecule has 3 heteroatoms. The molecule has 1 atom stereocenters. The third-order valence-electron chi connectivity index (χ3n) is 3.70. The number of carbonyl (C=O) groups is 2. The molecule has 0 bridgehead atoms. The van der Waals surface area contributed by atoms with Crippen molar-refractivity contribution in [3.8, 4) is 5.75 Å². The van der Waals surface area contributed by atoms with Crippen LogP contribution in [-0.4, -0.2) is 18.7 Å². The third kappa shape index (κ3) is 3.91. The van der Waals surface area contributed by atoms with E-state index in [1.54, 1.807) is 19.3 Å². The molecule has 0 fully saturated rings. The topological polar surface area (TPSA) is 43.4 Å². The highest BCUT2D eigenvalue weighted by Gasteiger charge is 2.16. The Labute approximate surface area is 125 Å². The normalized spacial score (nSPS) is 18.2. The van der Waals surface area contributed by atoms with Crippen LogP contribution in [0, 0.1) is 5.92 Å². The van der Waals surface area contributed by atoms with E-state index in [2.05, 4.69) is 0 Å². The lowest BCUT2D eigenvalue weighted by molar-refractivity contribution is -0.118. The van der Waals surface area contributed by atoms with Gasteiger partial charge in [0.2, 0.25) is 0 Å². The molecule has 0 N–H and O–H groups in total. The van der Waals surface area contributed by atoms with Gasteiger partial charge in [0.05, 0.1) is 12.7 Å². The largest absolute Gasteiger partial charge is 0.496 e. The molecule has 3 nitrogen and oxygen atoms in total. The number of ketones is 2. The summed E-state index contributed by atoms with van der Waals surface area (Å²) < 4.78 is 5.24. The van der Waals surface area contributed by atoms with E-state index in [4.69, 9.17) is 4.74 Å². The van der Waals surface area contributed by atoms with Crippen molar-refractivity contribution in [2.24, 2.45) is 5.92 Å². The summed E-state index contributed by atoms with van der Waals surface area (Å²) in [4.78, 5) is 23.1. The first-order valence-corrected chi connectivity index (χ1v) is 7.17. The van der Waals surface area contributed by atoms with Gasteiger partial charge in [-0.05, 0) is 50.0 Å². The second-order valence-corrected chi connectivity index (χ2v) is 5.23. The van der Waals surface area contributed by atoms with E-state index in [0.29, 0.717) is 11.3 Å². The summed E-state index contributed by atoms with van der Waals surface area (Å²) in [5, 5.41) is 0. The van der Waals surface area contributed by atoms with Gasteiger partial charge in [-0.25, -0.2) is 0 Å². The molecule has 0 aromatic heterocycles. The Morgan fingerprint density at radius 1 is 1.43 bits per heavy atom. The van der Waals surface area contributed by atoms with E-state index in [1.807, 2.05) is 30.4 Å². The second-order valence-electron chi connectivity index (χ2n) is 5.23. The quantitative estimate of drug-likeness (QED) is 0.772. The molecule has 110 valence electrons. The molecular weight excluding hydrogens is 264 g/mol. The zero-order chi connectivity index (χ0) is 15.2. The molecule has 1 aliphatic rings. The minimum atomic E-state index is -0.0121. The van der Waals surface area contributed by atoms with Crippen molar-refractivity contribution in [1.82, 2.24) is 0 Å². The lowest BCUT2D eigenvalue weighted by Gasteiger charge is -2.13. The van der Waals surface area contributed by atoms with Crippen LogP contribution in [0.15, 0.2) is 36.4 Å². The average Bonchev–Trinajstić information content (AvgIpc) is 2.48. The van der Waals surface area contributed by atoms with Gasteiger partial charge in [-0.15, -0.1) is 0 Å². The highest BCUT2D eigenvalue weighted by molar-refractivity contribution is 5.97. The first-order chi connectivity index (χ1) is 10.1. The molecule has 1 unspecified atom stereocenters. The van der Waals surface area contributed by atoms with Gasteiger partial charge in [0.1, 0.15) is 5.75 Å². The Morgan fingerprint density at radius 2 is 2.24 bits per heavy atom. The van der Waals surface area contributed by atoms with Crippen molar-refractivity contribution in [1.29, 1.82) is 0 Å². The molecular formula is C18H20O3. The van der Waals surface area contributed by atoms with Crippen molar-refractivity contribution >= 4 is 17.6 Å². The van der Waals surface area contributed by atoms with Crippen molar-refractivity contribution in [2.75, 3.05) is 7.11 Å². The average molecular weight is 284 g/mol. The van der Waals surface area contributed by atoms with Crippen molar-refractivity contribution < 1.29 is 14.3 Å². The smallest absolute Gasteiger partial charge is 0.163 e. The second kappa shape index (κ2) is 7.02. The Balaban J connectivity index is 2.05. The maximum atomic E-state index is 11.7. The van der Waals surface area contributed by atoms with E-state index in [0.717, 1.165) is 24.8 Å². The standard InChI is InChI=1S/C18H20O3/c1-13(19)16-11-10-14(12-18(16)21-2)6-5-8-15-7-3-4-9-17(15)20/h4-6,9-12,15H,3,7-8H2,1-2H3/b6-5+. The molecule has 1 aromatic carbocycles. The third-order valence-corrected chi connectivity index (χ3v) is 3.70.